The molecular weight excluding hydrogens is 488 g/mol. The minimum atomic E-state index is -0.300. The number of ether oxygens (including phenoxy) is 8. The van der Waals surface area contributed by atoms with Crippen LogP contribution in [0.2, 0.25) is 0 Å². The lowest BCUT2D eigenvalue weighted by molar-refractivity contribution is -0.137. The number of hydrogen-bond donors (Lipinski definition) is 1. The highest BCUT2D eigenvalue weighted by Crippen LogP contribution is 2.06. The zero-order valence-corrected chi connectivity index (χ0v) is 21.9. The van der Waals surface area contributed by atoms with Crippen LogP contribution in [0, 0.1) is 0 Å². The van der Waals surface area contributed by atoms with Crippen molar-refractivity contribution in [1.29, 1.82) is 0 Å². The Balaban J connectivity index is 1.17. The van der Waals surface area contributed by atoms with Gasteiger partial charge in [-0.05, 0) is 25.9 Å². The smallest absolute Gasteiger partial charge is 0.253 e. The molecule has 12 heteroatoms. The molecule has 214 valence electrons. The van der Waals surface area contributed by atoms with Crippen LogP contribution in [0.4, 0.5) is 0 Å². The van der Waals surface area contributed by atoms with Crippen molar-refractivity contribution in [2.45, 2.75) is 18.9 Å². The number of rotatable bonds is 25. The molecule has 2 amide bonds. The predicted octanol–water partition coefficient (Wildman–Crippen LogP) is -0.204. The second kappa shape index (κ2) is 22.5. The lowest BCUT2D eigenvalue weighted by Gasteiger charge is -2.22. The number of hydrogen-bond acceptors (Lipinski definition) is 11. The van der Waals surface area contributed by atoms with E-state index in [4.69, 9.17) is 37.9 Å². The average Bonchev–Trinajstić information content (AvgIpc) is 3.24. The number of imide groups is 1. The van der Waals surface area contributed by atoms with Gasteiger partial charge in [0.15, 0.2) is 0 Å². The normalized spacial score (nSPS) is 16.4. The molecule has 12 nitrogen and oxygen atoms in total. The van der Waals surface area contributed by atoms with Crippen molar-refractivity contribution in [3.05, 3.63) is 12.2 Å². The van der Waals surface area contributed by atoms with Crippen LogP contribution < -0.4 is 5.32 Å². The summed E-state index contributed by atoms with van der Waals surface area (Å²) in [5, 5.41) is 3.32. The molecule has 1 fully saturated rings. The van der Waals surface area contributed by atoms with Crippen LogP contribution in [0.1, 0.15) is 12.8 Å². The zero-order chi connectivity index (χ0) is 26.2. The largest absolute Gasteiger partial charge is 0.377 e. The van der Waals surface area contributed by atoms with Gasteiger partial charge in [0.2, 0.25) is 0 Å². The molecule has 2 heterocycles. The molecule has 2 aliphatic rings. The van der Waals surface area contributed by atoms with Crippen LogP contribution in [0.25, 0.3) is 0 Å². The van der Waals surface area contributed by atoms with Gasteiger partial charge in [-0.15, -0.1) is 0 Å². The lowest BCUT2D eigenvalue weighted by Crippen LogP contribution is -2.33. The molecule has 2 aliphatic heterocycles. The van der Waals surface area contributed by atoms with Crippen molar-refractivity contribution >= 4 is 11.8 Å². The Morgan fingerprint density at radius 1 is 0.568 bits per heavy atom. The van der Waals surface area contributed by atoms with Crippen LogP contribution >= 0.6 is 0 Å². The number of nitrogens with one attached hydrogen (secondary N) is 1. The second-order valence-electron chi connectivity index (χ2n) is 8.27. The lowest BCUT2D eigenvalue weighted by atomic mass is 10.1. The molecule has 0 aromatic heterocycles. The fraction of sp³-hybridized carbons (Fsp3) is 0.840. The fourth-order valence-electron chi connectivity index (χ4n) is 3.46. The second-order valence-corrected chi connectivity index (χ2v) is 8.27. The fourth-order valence-corrected chi connectivity index (χ4v) is 3.46. The Kier molecular flexibility index (Phi) is 19.3. The van der Waals surface area contributed by atoms with E-state index in [2.05, 4.69) is 5.32 Å². The maximum atomic E-state index is 11.4. The first-order valence-corrected chi connectivity index (χ1v) is 13.2. The maximum absolute atomic E-state index is 11.4. The highest BCUT2D eigenvalue weighted by atomic mass is 16.6. The standard InChI is InChI=1S/C25H44N2O10/c28-24-1-2-25(29)27(24)7-8-30-9-10-31-11-12-32-13-14-33-15-16-34-17-18-35-19-20-36-21-22-37-23-3-5-26-6-4-23/h1-2,23,26H,3-22H2. The summed E-state index contributed by atoms with van der Waals surface area (Å²) >= 11 is 0. The third kappa shape index (κ3) is 16.9. The molecule has 37 heavy (non-hydrogen) atoms. The molecule has 0 aromatic rings. The number of carbonyl (C=O) groups excluding carboxylic acids is 2. The van der Waals surface area contributed by atoms with E-state index in [1.54, 1.807) is 0 Å². The van der Waals surface area contributed by atoms with Gasteiger partial charge in [0.25, 0.3) is 11.8 Å². The van der Waals surface area contributed by atoms with E-state index in [1.165, 1.54) is 12.2 Å². The van der Waals surface area contributed by atoms with E-state index >= 15 is 0 Å². The van der Waals surface area contributed by atoms with Crippen molar-refractivity contribution < 1.29 is 47.5 Å². The van der Waals surface area contributed by atoms with Gasteiger partial charge in [-0.3, -0.25) is 14.5 Å². The van der Waals surface area contributed by atoms with E-state index in [9.17, 15) is 9.59 Å². The van der Waals surface area contributed by atoms with Crippen molar-refractivity contribution in [3.8, 4) is 0 Å². The Bertz CT molecular complexity index is 598. The summed E-state index contributed by atoms with van der Waals surface area (Å²) in [4.78, 5) is 23.9. The summed E-state index contributed by atoms with van der Waals surface area (Å²) in [5.41, 5.74) is 0. The zero-order valence-electron chi connectivity index (χ0n) is 21.9. The quantitative estimate of drug-likeness (QED) is 0.124. The van der Waals surface area contributed by atoms with E-state index in [0.29, 0.717) is 98.6 Å². The number of carbonyl (C=O) groups is 2. The maximum Gasteiger partial charge on any atom is 0.253 e. The average molecular weight is 533 g/mol. The Morgan fingerprint density at radius 3 is 1.32 bits per heavy atom. The molecule has 0 aromatic carbocycles. The monoisotopic (exact) mass is 532 g/mol. The predicted molar refractivity (Wildman–Crippen MR) is 133 cm³/mol. The molecule has 2 rings (SSSR count). The highest BCUT2D eigenvalue weighted by molar-refractivity contribution is 6.12. The van der Waals surface area contributed by atoms with Gasteiger partial charge in [0, 0.05) is 12.2 Å². The van der Waals surface area contributed by atoms with E-state index < -0.39 is 0 Å². The third-order valence-corrected chi connectivity index (χ3v) is 5.46. The van der Waals surface area contributed by atoms with Crippen LogP contribution in [-0.2, 0) is 47.5 Å². The molecule has 0 radical (unpaired) electrons. The molecule has 0 bridgehead atoms. The van der Waals surface area contributed by atoms with Gasteiger partial charge in [-0.1, -0.05) is 0 Å². The van der Waals surface area contributed by atoms with Crippen LogP contribution in [-0.4, -0.2) is 142 Å². The Morgan fingerprint density at radius 2 is 0.919 bits per heavy atom. The van der Waals surface area contributed by atoms with Gasteiger partial charge in [0.1, 0.15) is 0 Å². The van der Waals surface area contributed by atoms with Crippen molar-refractivity contribution in [1.82, 2.24) is 10.2 Å². The van der Waals surface area contributed by atoms with Crippen LogP contribution in [0.15, 0.2) is 12.2 Å². The molecule has 0 unspecified atom stereocenters. The number of piperidine rings is 1. The molecule has 1 N–H and O–H groups in total. The van der Waals surface area contributed by atoms with Crippen molar-refractivity contribution in [3.63, 3.8) is 0 Å². The topological polar surface area (TPSA) is 123 Å². The van der Waals surface area contributed by atoms with Gasteiger partial charge < -0.3 is 43.2 Å². The highest BCUT2D eigenvalue weighted by Gasteiger charge is 2.22. The third-order valence-electron chi connectivity index (χ3n) is 5.46. The van der Waals surface area contributed by atoms with E-state index in [0.717, 1.165) is 30.8 Å². The Hall–Kier alpha value is -1.48. The van der Waals surface area contributed by atoms with E-state index in [1.807, 2.05) is 0 Å². The molecule has 0 spiro atoms. The molecular formula is C25H44N2O10. The van der Waals surface area contributed by atoms with Gasteiger partial charge >= 0.3 is 0 Å². The summed E-state index contributed by atoms with van der Waals surface area (Å²) in [7, 11) is 0. The number of amides is 2. The molecule has 0 atom stereocenters. The first-order valence-electron chi connectivity index (χ1n) is 13.2. The molecule has 0 aliphatic carbocycles. The van der Waals surface area contributed by atoms with Gasteiger partial charge in [-0.25, -0.2) is 0 Å². The minimum absolute atomic E-state index is 0.248. The summed E-state index contributed by atoms with van der Waals surface area (Å²) < 4.78 is 43.8. The summed E-state index contributed by atoms with van der Waals surface area (Å²) in [6.45, 7) is 9.70. The molecule has 1 saturated heterocycles. The van der Waals surface area contributed by atoms with Gasteiger partial charge in [0.05, 0.1) is 112 Å². The molecule has 0 saturated carbocycles. The first kappa shape index (κ1) is 31.7. The Labute approximate surface area is 219 Å². The number of nitrogens with zero attached hydrogens (tertiary/aromatic N) is 1. The summed E-state index contributed by atoms with van der Waals surface area (Å²) in [6, 6.07) is 0. The minimum Gasteiger partial charge on any atom is -0.377 e. The SMILES string of the molecule is O=C1C=CC(=O)N1CCOCCOCCOCCOCCOCCOCCOCCOC1CCNCC1. The van der Waals surface area contributed by atoms with Gasteiger partial charge in [-0.2, -0.15) is 0 Å². The van der Waals surface area contributed by atoms with Crippen molar-refractivity contribution in [2.24, 2.45) is 0 Å². The van der Waals surface area contributed by atoms with E-state index in [-0.39, 0.29) is 25.0 Å². The summed E-state index contributed by atoms with van der Waals surface area (Å²) in [5.74, 6) is -0.601. The summed E-state index contributed by atoms with van der Waals surface area (Å²) in [6.07, 6.45) is 5.04. The van der Waals surface area contributed by atoms with Crippen LogP contribution in [0.3, 0.4) is 0 Å². The first-order chi connectivity index (χ1) is 18.3. The van der Waals surface area contributed by atoms with Crippen molar-refractivity contribution in [2.75, 3.05) is 119 Å². The van der Waals surface area contributed by atoms with Crippen LogP contribution in [0.5, 0.6) is 0 Å².